The molecule has 0 amide bonds. The van der Waals surface area contributed by atoms with Crippen LogP contribution in [-0.2, 0) is 30.5 Å². The van der Waals surface area contributed by atoms with Crippen LogP contribution in [0.4, 0.5) is 0 Å². The lowest BCUT2D eigenvalue weighted by Crippen LogP contribution is -2.39. The third kappa shape index (κ3) is 3.79. The van der Waals surface area contributed by atoms with E-state index in [9.17, 15) is 18.0 Å². The van der Waals surface area contributed by atoms with Crippen LogP contribution in [0.25, 0.3) is 22.0 Å². The predicted molar refractivity (Wildman–Crippen MR) is 125 cm³/mol. The monoisotopic (exact) mass is 483 g/mol. The van der Waals surface area contributed by atoms with Crippen molar-refractivity contribution in [2.24, 2.45) is 19.5 Å². The minimum absolute atomic E-state index is 0.00921. The molecule has 0 bridgehead atoms. The lowest BCUT2D eigenvalue weighted by atomic mass is 10.1. The summed E-state index contributed by atoms with van der Waals surface area (Å²) < 4.78 is 35.9. The van der Waals surface area contributed by atoms with Crippen LogP contribution in [0.5, 0.6) is 0 Å². The second kappa shape index (κ2) is 7.52. The van der Waals surface area contributed by atoms with E-state index in [1.165, 1.54) is 10.6 Å². The molecule has 11 heteroatoms. The summed E-state index contributed by atoms with van der Waals surface area (Å²) in [7, 11) is -0.367. The van der Waals surface area contributed by atoms with Gasteiger partial charge < -0.3 is 4.52 Å². The van der Waals surface area contributed by atoms with Gasteiger partial charge in [-0.2, -0.15) is 5.10 Å². The van der Waals surface area contributed by atoms with Crippen LogP contribution < -0.4 is 11.2 Å². The molecule has 0 unspecified atom stereocenters. The molecule has 1 aromatic carbocycles. The Morgan fingerprint density at radius 2 is 1.88 bits per heavy atom. The molecule has 3 heterocycles. The first-order valence-corrected chi connectivity index (χ1v) is 12.5. The maximum atomic E-state index is 13.6. The van der Waals surface area contributed by atoms with Crippen molar-refractivity contribution in [3.63, 3.8) is 0 Å². The number of aromatic nitrogens is 5. The van der Waals surface area contributed by atoms with Gasteiger partial charge in [0.05, 0.1) is 40.0 Å². The SMILES string of the molecule is Cc1cc(Cn2c(=O)c3cc(S(=O)(=O)CC4(C)CC4)cc(-c4cnn(C)c4)c3n(C)c2=O)on1. The fourth-order valence-electron chi connectivity index (χ4n) is 4.29. The van der Waals surface area contributed by atoms with Crippen molar-refractivity contribution < 1.29 is 12.9 Å². The van der Waals surface area contributed by atoms with Gasteiger partial charge in [-0.1, -0.05) is 12.1 Å². The van der Waals surface area contributed by atoms with Gasteiger partial charge in [-0.05, 0) is 37.3 Å². The van der Waals surface area contributed by atoms with Gasteiger partial charge in [0.1, 0.15) is 0 Å². The van der Waals surface area contributed by atoms with Crippen LogP contribution in [0, 0.1) is 12.3 Å². The molecule has 1 aliphatic rings. The van der Waals surface area contributed by atoms with Crippen LogP contribution >= 0.6 is 0 Å². The first-order chi connectivity index (χ1) is 16.0. The number of benzene rings is 1. The zero-order chi connectivity index (χ0) is 24.4. The van der Waals surface area contributed by atoms with Crippen molar-refractivity contribution in [3.8, 4) is 11.1 Å². The Hall–Kier alpha value is -3.47. The van der Waals surface area contributed by atoms with Gasteiger partial charge in [-0.15, -0.1) is 0 Å². The molecule has 5 rings (SSSR count). The largest absolute Gasteiger partial charge is 0.359 e. The maximum absolute atomic E-state index is 13.6. The highest BCUT2D eigenvalue weighted by Gasteiger charge is 2.42. The third-order valence-corrected chi connectivity index (χ3v) is 8.45. The van der Waals surface area contributed by atoms with Crippen molar-refractivity contribution in [3.05, 3.63) is 62.9 Å². The molecule has 0 spiro atoms. The molecule has 3 aromatic heterocycles. The molecule has 0 aliphatic heterocycles. The minimum atomic E-state index is -3.67. The molecule has 1 fully saturated rings. The Labute approximate surface area is 195 Å². The fraction of sp³-hybridized carbons (Fsp3) is 0.391. The van der Waals surface area contributed by atoms with E-state index in [0.717, 1.165) is 17.4 Å². The predicted octanol–water partition coefficient (Wildman–Crippen LogP) is 2.02. The van der Waals surface area contributed by atoms with Gasteiger partial charge in [0.15, 0.2) is 15.6 Å². The van der Waals surface area contributed by atoms with Crippen LogP contribution in [0.15, 0.2) is 49.6 Å². The highest BCUT2D eigenvalue weighted by molar-refractivity contribution is 7.91. The third-order valence-electron chi connectivity index (χ3n) is 6.42. The number of hydrogen-bond donors (Lipinski definition) is 0. The first kappa shape index (κ1) is 22.3. The molecular formula is C23H25N5O5S. The standard InChI is InChI=1S/C23H25N5O5S/c1-14-7-16(33-25-14)12-28-21(29)19-9-17(34(31,32)13-23(2)5-6-23)8-18(15-10-24-26(3)11-15)20(19)27(4)22(28)30/h7-11H,5-6,12-13H2,1-4H3. The Kier molecular flexibility index (Phi) is 4.94. The smallest absolute Gasteiger partial charge is 0.331 e. The summed E-state index contributed by atoms with van der Waals surface area (Å²) in [6.07, 6.45) is 5.02. The number of sulfone groups is 1. The summed E-state index contributed by atoms with van der Waals surface area (Å²) in [4.78, 5) is 26.8. The molecule has 0 N–H and O–H groups in total. The zero-order valence-corrected chi connectivity index (χ0v) is 20.2. The normalized spacial score (nSPS) is 15.2. The number of rotatable bonds is 6. The number of aryl methyl sites for hydroxylation is 3. The van der Waals surface area contributed by atoms with E-state index in [4.69, 9.17) is 4.52 Å². The highest BCUT2D eigenvalue weighted by Crippen LogP contribution is 2.47. The minimum Gasteiger partial charge on any atom is -0.359 e. The molecule has 10 nitrogen and oxygen atoms in total. The van der Waals surface area contributed by atoms with Gasteiger partial charge in [0.2, 0.25) is 0 Å². The molecule has 4 aromatic rings. The van der Waals surface area contributed by atoms with Gasteiger partial charge in [-0.3, -0.25) is 18.6 Å². The molecule has 1 aliphatic carbocycles. The summed E-state index contributed by atoms with van der Waals surface area (Å²) >= 11 is 0. The summed E-state index contributed by atoms with van der Waals surface area (Å²) in [6.45, 7) is 3.58. The van der Waals surface area contributed by atoms with Crippen LogP contribution in [0.1, 0.15) is 31.2 Å². The van der Waals surface area contributed by atoms with Crippen LogP contribution in [-0.4, -0.2) is 38.2 Å². The molecular weight excluding hydrogens is 458 g/mol. The molecule has 1 saturated carbocycles. The quantitative estimate of drug-likeness (QED) is 0.411. The van der Waals surface area contributed by atoms with Crippen molar-refractivity contribution in [1.82, 2.24) is 24.1 Å². The number of fused-ring (bicyclic) bond motifs is 1. The van der Waals surface area contributed by atoms with E-state index in [1.807, 2.05) is 6.92 Å². The zero-order valence-electron chi connectivity index (χ0n) is 19.4. The molecule has 0 saturated heterocycles. The lowest BCUT2D eigenvalue weighted by Gasteiger charge is -2.16. The molecule has 178 valence electrons. The van der Waals surface area contributed by atoms with E-state index in [0.29, 0.717) is 28.1 Å². The highest BCUT2D eigenvalue weighted by atomic mass is 32.2. The second-order valence-corrected chi connectivity index (χ2v) is 11.5. The van der Waals surface area contributed by atoms with E-state index in [1.54, 1.807) is 50.2 Å². The van der Waals surface area contributed by atoms with Gasteiger partial charge in [-0.25, -0.2) is 13.2 Å². The van der Waals surface area contributed by atoms with E-state index in [2.05, 4.69) is 10.3 Å². The Morgan fingerprint density at radius 1 is 1.15 bits per heavy atom. The van der Waals surface area contributed by atoms with Crippen LogP contribution in [0.3, 0.4) is 0 Å². The van der Waals surface area contributed by atoms with Gasteiger partial charge in [0.25, 0.3) is 5.56 Å². The number of nitrogens with zero attached hydrogens (tertiary/aromatic N) is 5. The average molecular weight is 484 g/mol. The van der Waals surface area contributed by atoms with Crippen molar-refractivity contribution in [2.45, 2.75) is 38.1 Å². The van der Waals surface area contributed by atoms with Gasteiger partial charge >= 0.3 is 5.69 Å². The van der Waals surface area contributed by atoms with Crippen LogP contribution in [0.2, 0.25) is 0 Å². The first-order valence-electron chi connectivity index (χ1n) is 10.9. The maximum Gasteiger partial charge on any atom is 0.331 e. The molecule has 0 radical (unpaired) electrons. The van der Waals surface area contributed by atoms with E-state index in [-0.39, 0.29) is 28.0 Å². The van der Waals surface area contributed by atoms with Crippen molar-refractivity contribution in [2.75, 3.05) is 5.75 Å². The van der Waals surface area contributed by atoms with Gasteiger partial charge in [0, 0.05) is 37.5 Å². The Morgan fingerprint density at radius 3 is 2.47 bits per heavy atom. The number of hydrogen-bond acceptors (Lipinski definition) is 7. The van der Waals surface area contributed by atoms with E-state index >= 15 is 0 Å². The summed E-state index contributed by atoms with van der Waals surface area (Å²) in [6, 6.07) is 4.58. The molecule has 34 heavy (non-hydrogen) atoms. The molecule has 0 atom stereocenters. The second-order valence-electron chi connectivity index (χ2n) is 9.51. The average Bonchev–Trinajstić information content (AvgIpc) is 3.13. The summed E-state index contributed by atoms with van der Waals surface area (Å²) in [5.74, 6) is 0.365. The topological polar surface area (TPSA) is 122 Å². The summed E-state index contributed by atoms with van der Waals surface area (Å²) in [5, 5.41) is 8.14. The van der Waals surface area contributed by atoms with Crippen molar-refractivity contribution >= 4 is 20.7 Å². The lowest BCUT2D eigenvalue weighted by molar-refractivity contribution is 0.369. The Balaban J connectivity index is 1.80. The van der Waals surface area contributed by atoms with Crippen molar-refractivity contribution in [1.29, 1.82) is 0 Å². The Bertz CT molecular complexity index is 1670. The fourth-order valence-corrected chi connectivity index (χ4v) is 6.25. The summed E-state index contributed by atoms with van der Waals surface area (Å²) in [5.41, 5.74) is 0.677. The van der Waals surface area contributed by atoms with E-state index < -0.39 is 21.1 Å².